The minimum absolute atomic E-state index is 0.133. The number of rotatable bonds is 3. The van der Waals surface area contributed by atoms with Crippen molar-refractivity contribution in [1.82, 2.24) is 0 Å². The summed E-state index contributed by atoms with van der Waals surface area (Å²) in [5, 5.41) is 2.97. The molecule has 0 radical (unpaired) electrons. The SMILES string of the molecule is O=C(Nc1ccc2c(c1)CCN2C(=O)C1CC1)C1CC1. The predicted octanol–water partition coefficient (Wildman–Crippen LogP) is 2.33. The van der Waals surface area contributed by atoms with Crippen molar-refractivity contribution in [2.75, 3.05) is 16.8 Å². The average Bonchev–Trinajstić information content (AvgIpc) is 3.33. The summed E-state index contributed by atoms with van der Waals surface area (Å²) < 4.78 is 0. The van der Waals surface area contributed by atoms with Crippen molar-refractivity contribution in [1.29, 1.82) is 0 Å². The molecule has 20 heavy (non-hydrogen) atoms. The quantitative estimate of drug-likeness (QED) is 0.916. The van der Waals surface area contributed by atoms with Crippen molar-refractivity contribution in [3.63, 3.8) is 0 Å². The standard InChI is InChI=1S/C16H18N2O2/c19-15(10-1-2-10)17-13-5-6-14-12(9-13)7-8-18(14)16(20)11-3-4-11/h5-6,9-11H,1-4,7-8H2,(H,17,19). The maximum atomic E-state index is 12.2. The minimum Gasteiger partial charge on any atom is -0.326 e. The highest BCUT2D eigenvalue weighted by Gasteiger charge is 2.36. The molecule has 1 aromatic carbocycles. The predicted molar refractivity (Wildman–Crippen MR) is 76.6 cm³/mol. The number of hydrogen-bond acceptors (Lipinski definition) is 2. The van der Waals surface area contributed by atoms with E-state index in [2.05, 4.69) is 5.32 Å². The number of carbonyl (C=O) groups is 2. The molecule has 4 heteroatoms. The molecular formula is C16H18N2O2. The number of nitrogens with zero attached hydrogens (tertiary/aromatic N) is 1. The Bertz CT molecular complexity index is 588. The molecule has 0 aromatic heterocycles. The largest absolute Gasteiger partial charge is 0.326 e. The number of hydrogen-bond donors (Lipinski definition) is 1. The smallest absolute Gasteiger partial charge is 0.230 e. The van der Waals surface area contributed by atoms with E-state index in [1.165, 1.54) is 5.56 Å². The van der Waals surface area contributed by atoms with Crippen LogP contribution in [0.2, 0.25) is 0 Å². The van der Waals surface area contributed by atoms with Crippen LogP contribution < -0.4 is 10.2 Å². The fraction of sp³-hybridized carbons (Fsp3) is 0.500. The van der Waals surface area contributed by atoms with E-state index in [-0.39, 0.29) is 23.7 Å². The third kappa shape index (κ3) is 2.09. The number of carbonyl (C=O) groups excluding carboxylic acids is 2. The first-order chi connectivity index (χ1) is 9.72. The summed E-state index contributed by atoms with van der Waals surface area (Å²) in [6, 6.07) is 5.92. The van der Waals surface area contributed by atoms with Gasteiger partial charge in [0.25, 0.3) is 0 Å². The van der Waals surface area contributed by atoms with E-state index in [9.17, 15) is 9.59 Å². The average molecular weight is 270 g/mol. The number of anilines is 2. The van der Waals surface area contributed by atoms with Crippen molar-refractivity contribution in [3.05, 3.63) is 23.8 Å². The Hall–Kier alpha value is -1.84. The molecule has 104 valence electrons. The van der Waals surface area contributed by atoms with Gasteiger partial charge in [-0.05, 0) is 55.9 Å². The van der Waals surface area contributed by atoms with E-state index in [0.29, 0.717) is 0 Å². The van der Waals surface area contributed by atoms with Gasteiger partial charge in [0.15, 0.2) is 0 Å². The van der Waals surface area contributed by atoms with Crippen LogP contribution in [0.1, 0.15) is 31.2 Å². The Balaban J connectivity index is 1.53. The van der Waals surface area contributed by atoms with Crippen LogP contribution in [0.3, 0.4) is 0 Å². The minimum atomic E-state index is 0.133. The molecule has 2 amide bonds. The Morgan fingerprint density at radius 3 is 2.55 bits per heavy atom. The molecule has 1 aliphatic heterocycles. The lowest BCUT2D eigenvalue weighted by Crippen LogP contribution is -2.30. The molecule has 0 spiro atoms. The molecule has 0 atom stereocenters. The van der Waals surface area contributed by atoms with Gasteiger partial charge in [0.05, 0.1) is 0 Å². The molecule has 1 N–H and O–H groups in total. The van der Waals surface area contributed by atoms with E-state index in [0.717, 1.165) is 50.0 Å². The van der Waals surface area contributed by atoms with E-state index in [1.54, 1.807) is 0 Å². The highest BCUT2D eigenvalue weighted by molar-refractivity contribution is 5.99. The summed E-state index contributed by atoms with van der Waals surface area (Å²) in [6.45, 7) is 0.782. The molecule has 3 aliphatic rings. The molecule has 2 saturated carbocycles. The van der Waals surface area contributed by atoms with Crippen LogP contribution in [-0.4, -0.2) is 18.4 Å². The normalized spacial score (nSPS) is 20.7. The molecule has 0 bridgehead atoms. The summed E-state index contributed by atoms with van der Waals surface area (Å²) in [4.78, 5) is 25.9. The van der Waals surface area contributed by atoms with Crippen LogP contribution >= 0.6 is 0 Å². The van der Waals surface area contributed by atoms with Crippen LogP contribution in [0.5, 0.6) is 0 Å². The molecule has 1 heterocycles. The van der Waals surface area contributed by atoms with Gasteiger partial charge in [-0.2, -0.15) is 0 Å². The van der Waals surface area contributed by atoms with Gasteiger partial charge in [-0.25, -0.2) is 0 Å². The van der Waals surface area contributed by atoms with Gasteiger partial charge in [0.2, 0.25) is 11.8 Å². The lowest BCUT2D eigenvalue weighted by Gasteiger charge is -2.17. The van der Waals surface area contributed by atoms with E-state index in [1.807, 2.05) is 23.1 Å². The topological polar surface area (TPSA) is 49.4 Å². The maximum absolute atomic E-state index is 12.2. The number of benzene rings is 1. The first-order valence-electron chi connectivity index (χ1n) is 7.47. The van der Waals surface area contributed by atoms with Crippen molar-refractivity contribution < 1.29 is 9.59 Å². The molecule has 2 fully saturated rings. The Labute approximate surface area is 118 Å². The Kier molecular flexibility index (Phi) is 2.59. The van der Waals surface area contributed by atoms with E-state index < -0.39 is 0 Å². The first kappa shape index (κ1) is 11.9. The second-order valence-corrected chi connectivity index (χ2v) is 6.12. The van der Waals surface area contributed by atoms with Gasteiger partial charge < -0.3 is 10.2 Å². The van der Waals surface area contributed by atoms with Crippen LogP contribution in [0.4, 0.5) is 11.4 Å². The van der Waals surface area contributed by atoms with Crippen molar-refractivity contribution in [2.24, 2.45) is 11.8 Å². The van der Waals surface area contributed by atoms with Gasteiger partial charge in [0, 0.05) is 29.8 Å². The van der Waals surface area contributed by atoms with Crippen LogP contribution in [0.25, 0.3) is 0 Å². The molecule has 4 nitrogen and oxygen atoms in total. The van der Waals surface area contributed by atoms with Gasteiger partial charge in [-0.3, -0.25) is 9.59 Å². The zero-order valence-corrected chi connectivity index (χ0v) is 11.4. The highest BCUT2D eigenvalue weighted by atomic mass is 16.2. The fourth-order valence-electron chi connectivity index (χ4n) is 2.85. The lowest BCUT2D eigenvalue weighted by molar-refractivity contribution is -0.119. The summed E-state index contributed by atoms with van der Waals surface area (Å²) >= 11 is 0. The van der Waals surface area contributed by atoms with Gasteiger partial charge >= 0.3 is 0 Å². The summed E-state index contributed by atoms with van der Waals surface area (Å²) in [5.74, 6) is 0.888. The van der Waals surface area contributed by atoms with E-state index in [4.69, 9.17) is 0 Å². The maximum Gasteiger partial charge on any atom is 0.230 e. The zero-order valence-electron chi connectivity index (χ0n) is 11.4. The third-order valence-corrected chi connectivity index (χ3v) is 4.38. The zero-order chi connectivity index (χ0) is 13.7. The van der Waals surface area contributed by atoms with Crippen molar-refractivity contribution >= 4 is 23.2 Å². The molecule has 0 unspecified atom stereocenters. The second-order valence-electron chi connectivity index (χ2n) is 6.12. The van der Waals surface area contributed by atoms with Crippen molar-refractivity contribution in [2.45, 2.75) is 32.1 Å². The van der Waals surface area contributed by atoms with Crippen LogP contribution in [0.15, 0.2) is 18.2 Å². The van der Waals surface area contributed by atoms with Gasteiger partial charge in [-0.1, -0.05) is 0 Å². The summed E-state index contributed by atoms with van der Waals surface area (Å²) in [5.41, 5.74) is 3.07. The van der Waals surface area contributed by atoms with E-state index >= 15 is 0 Å². The first-order valence-corrected chi connectivity index (χ1v) is 7.47. The van der Waals surface area contributed by atoms with Crippen LogP contribution in [-0.2, 0) is 16.0 Å². The molecule has 2 aliphatic carbocycles. The summed E-state index contributed by atoms with van der Waals surface area (Å²) in [7, 11) is 0. The van der Waals surface area contributed by atoms with Gasteiger partial charge in [-0.15, -0.1) is 0 Å². The molecular weight excluding hydrogens is 252 g/mol. The molecule has 1 aromatic rings. The third-order valence-electron chi connectivity index (χ3n) is 4.38. The van der Waals surface area contributed by atoms with Crippen molar-refractivity contribution in [3.8, 4) is 0 Å². The van der Waals surface area contributed by atoms with Crippen LogP contribution in [0, 0.1) is 11.8 Å². The fourth-order valence-corrected chi connectivity index (χ4v) is 2.85. The Morgan fingerprint density at radius 2 is 1.85 bits per heavy atom. The lowest BCUT2D eigenvalue weighted by atomic mass is 10.1. The molecule has 0 saturated heterocycles. The number of amides is 2. The second kappa shape index (κ2) is 4.33. The summed E-state index contributed by atoms with van der Waals surface area (Å²) in [6.07, 6.45) is 5.00. The highest BCUT2D eigenvalue weighted by Crippen LogP contribution is 2.37. The monoisotopic (exact) mass is 270 g/mol. The Morgan fingerprint density at radius 1 is 1.10 bits per heavy atom. The molecule has 4 rings (SSSR count). The number of fused-ring (bicyclic) bond motifs is 1. The number of nitrogens with one attached hydrogen (secondary N) is 1. The van der Waals surface area contributed by atoms with Gasteiger partial charge in [0.1, 0.15) is 0 Å².